The number of nitrogens with one attached hydrogen (secondary N) is 1. The fourth-order valence-corrected chi connectivity index (χ4v) is 1.90. The molecule has 2 N–H and O–H groups in total. The van der Waals surface area contributed by atoms with Gasteiger partial charge in [0, 0.05) is 6.54 Å². The van der Waals surface area contributed by atoms with Crippen molar-refractivity contribution in [2.24, 2.45) is 5.92 Å². The van der Waals surface area contributed by atoms with Crippen molar-refractivity contribution in [2.45, 2.75) is 31.8 Å². The number of benzene rings is 1. The summed E-state index contributed by atoms with van der Waals surface area (Å²) in [5, 5.41) is 12.5. The number of rotatable bonds is 5. The molecule has 0 unspecified atom stereocenters. The second kappa shape index (κ2) is 5.32. The molecule has 0 heterocycles. The lowest BCUT2D eigenvalue weighted by atomic mass is 10.0. The number of aliphatic hydroxyl groups is 1. The van der Waals surface area contributed by atoms with Crippen molar-refractivity contribution in [2.75, 3.05) is 6.54 Å². The van der Waals surface area contributed by atoms with Crippen molar-refractivity contribution in [3.63, 3.8) is 0 Å². The maximum atomic E-state index is 11.9. The molecule has 3 nitrogen and oxygen atoms in total. The molecule has 1 aromatic carbocycles. The molecule has 1 amide bonds. The van der Waals surface area contributed by atoms with Crippen molar-refractivity contribution in [3.05, 3.63) is 35.9 Å². The van der Waals surface area contributed by atoms with E-state index < -0.39 is 0 Å². The van der Waals surface area contributed by atoms with Crippen LogP contribution in [0.4, 0.5) is 0 Å². The lowest BCUT2D eigenvalue weighted by Crippen LogP contribution is -2.35. The van der Waals surface area contributed by atoms with Crippen LogP contribution in [0.3, 0.4) is 0 Å². The van der Waals surface area contributed by atoms with Gasteiger partial charge in [-0.15, -0.1) is 0 Å². The van der Waals surface area contributed by atoms with Gasteiger partial charge in [0.25, 0.3) is 0 Å². The number of amides is 1. The van der Waals surface area contributed by atoms with Gasteiger partial charge in [-0.05, 0) is 31.2 Å². The summed E-state index contributed by atoms with van der Waals surface area (Å²) in [6.07, 6.45) is 1.80. The average Bonchev–Trinajstić information content (AvgIpc) is 3.20. The maximum absolute atomic E-state index is 11.9. The Kier molecular flexibility index (Phi) is 3.79. The summed E-state index contributed by atoms with van der Waals surface area (Å²) in [5.41, 5.74) is 1.01. The largest absolute Gasteiger partial charge is 0.391 e. The second-order valence-corrected chi connectivity index (χ2v) is 4.78. The van der Waals surface area contributed by atoms with Crippen LogP contribution in [0, 0.1) is 5.92 Å². The van der Waals surface area contributed by atoms with Gasteiger partial charge in [-0.25, -0.2) is 0 Å². The molecular weight excluding hydrogens is 214 g/mol. The molecule has 1 saturated carbocycles. The molecule has 0 radical (unpaired) electrons. The summed E-state index contributed by atoms with van der Waals surface area (Å²) < 4.78 is 0. The molecule has 0 aromatic heterocycles. The number of carbonyl (C=O) groups is 1. The highest BCUT2D eigenvalue weighted by molar-refractivity contribution is 5.83. The molecule has 1 aliphatic rings. The van der Waals surface area contributed by atoms with Crippen LogP contribution < -0.4 is 5.32 Å². The van der Waals surface area contributed by atoms with Crippen LogP contribution in [0.25, 0.3) is 0 Å². The van der Waals surface area contributed by atoms with E-state index in [1.165, 1.54) is 0 Å². The molecule has 92 valence electrons. The highest BCUT2D eigenvalue weighted by Crippen LogP contribution is 2.32. The van der Waals surface area contributed by atoms with Gasteiger partial charge in [-0.1, -0.05) is 30.3 Å². The van der Waals surface area contributed by atoms with E-state index in [9.17, 15) is 9.90 Å². The lowest BCUT2D eigenvalue weighted by molar-refractivity contribution is -0.122. The summed E-state index contributed by atoms with van der Waals surface area (Å²) in [6, 6.07) is 9.68. The quantitative estimate of drug-likeness (QED) is 0.813. The van der Waals surface area contributed by atoms with E-state index in [2.05, 4.69) is 5.32 Å². The Morgan fingerprint density at radius 1 is 1.41 bits per heavy atom. The Morgan fingerprint density at radius 3 is 2.65 bits per heavy atom. The molecule has 2 rings (SSSR count). The first-order valence-electron chi connectivity index (χ1n) is 6.19. The van der Waals surface area contributed by atoms with E-state index in [0.717, 1.165) is 18.4 Å². The van der Waals surface area contributed by atoms with Crippen molar-refractivity contribution in [1.82, 2.24) is 5.32 Å². The van der Waals surface area contributed by atoms with Crippen molar-refractivity contribution in [1.29, 1.82) is 0 Å². The standard InChI is InChI=1S/C14H19NO2/c1-10(11-5-3-2-4-6-11)14(17)15-9-13(16)12-7-8-12/h2-6,10,12-13,16H,7-9H2,1H3,(H,15,17)/t10-,13-/m0/s1. The van der Waals surface area contributed by atoms with Crippen LogP contribution in [0.15, 0.2) is 30.3 Å². The molecule has 1 fully saturated rings. The molecule has 17 heavy (non-hydrogen) atoms. The van der Waals surface area contributed by atoms with E-state index in [-0.39, 0.29) is 17.9 Å². The van der Waals surface area contributed by atoms with Crippen molar-refractivity contribution in [3.8, 4) is 0 Å². The van der Waals surface area contributed by atoms with E-state index >= 15 is 0 Å². The van der Waals surface area contributed by atoms with Crippen LogP contribution in [0.1, 0.15) is 31.2 Å². The normalized spacial score (nSPS) is 18.5. The molecule has 1 aromatic rings. The first kappa shape index (κ1) is 12.1. The van der Waals surface area contributed by atoms with Crippen molar-refractivity contribution >= 4 is 5.91 Å². The van der Waals surface area contributed by atoms with Crippen LogP contribution in [-0.2, 0) is 4.79 Å². The molecular formula is C14H19NO2. The van der Waals surface area contributed by atoms with Gasteiger partial charge < -0.3 is 10.4 Å². The molecule has 3 heteroatoms. The van der Waals surface area contributed by atoms with Crippen LogP contribution in [0.5, 0.6) is 0 Å². The van der Waals surface area contributed by atoms with Gasteiger partial charge in [-0.3, -0.25) is 4.79 Å². The number of carbonyl (C=O) groups excluding carboxylic acids is 1. The predicted molar refractivity (Wildman–Crippen MR) is 66.6 cm³/mol. The third-order valence-corrected chi connectivity index (χ3v) is 3.34. The van der Waals surface area contributed by atoms with E-state index in [1.54, 1.807) is 0 Å². The summed E-state index contributed by atoms with van der Waals surface area (Å²) in [4.78, 5) is 11.9. The zero-order chi connectivity index (χ0) is 12.3. The van der Waals surface area contributed by atoms with Gasteiger partial charge in [0.2, 0.25) is 5.91 Å². The Balaban J connectivity index is 1.82. The molecule has 0 spiro atoms. The smallest absolute Gasteiger partial charge is 0.227 e. The predicted octanol–water partition coefficient (Wildman–Crippen LogP) is 1.68. The van der Waals surface area contributed by atoms with Gasteiger partial charge in [-0.2, -0.15) is 0 Å². The van der Waals surface area contributed by atoms with Crippen LogP contribution in [0.2, 0.25) is 0 Å². The van der Waals surface area contributed by atoms with Crippen LogP contribution in [-0.4, -0.2) is 23.7 Å². The summed E-state index contributed by atoms with van der Waals surface area (Å²) in [7, 11) is 0. The fourth-order valence-electron chi connectivity index (χ4n) is 1.90. The fraction of sp³-hybridized carbons (Fsp3) is 0.500. The molecule has 1 aliphatic carbocycles. The molecule has 0 saturated heterocycles. The van der Waals surface area contributed by atoms with Crippen molar-refractivity contribution < 1.29 is 9.90 Å². The SMILES string of the molecule is C[C@H](C(=O)NC[C@H](O)C1CC1)c1ccccc1. The first-order chi connectivity index (χ1) is 8.18. The molecule has 0 aliphatic heterocycles. The summed E-state index contributed by atoms with van der Waals surface area (Å²) >= 11 is 0. The monoisotopic (exact) mass is 233 g/mol. The third-order valence-electron chi connectivity index (χ3n) is 3.34. The Bertz CT molecular complexity index is 373. The second-order valence-electron chi connectivity index (χ2n) is 4.78. The minimum Gasteiger partial charge on any atom is -0.391 e. The highest BCUT2D eigenvalue weighted by atomic mass is 16.3. The minimum absolute atomic E-state index is 0.0177. The van der Waals surface area contributed by atoms with E-state index in [1.807, 2.05) is 37.3 Å². The van der Waals surface area contributed by atoms with Gasteiger partial charge in [0.05, 0.1) is 12.0 Å². The zero-order valence-corrected chi connectivity index (χ0v) is 10.1. The van der Waals surface area contributed by atoms with E-state index in [0.29, 0.717) is 12.5 Å². The minimum atomic E-state index is -0.373. The Hall–Kier alpha value is -1.35. The molecule has 2 atom stereocenters. The topological polar surface area (TPSA) is 49.3 Å². The molecule has 0 bridgehead atoms. The first-order valence-corrected chi connectivity index (χ1v) is 6.19. The highest BCUT2D eigenvalue weighted by Gasteiger charge is 2.30. The zero-order valence-electron chi connectivity index (χ0n) is 10.1. The average molecular weight is 233 g/mol. The number of hydrogen-bond donors (Lipinski definition) is 2. The number of hydrogen-bond acceptors (Lipinski definition) is 2. The lowest BCUT2D eigenvalue weighted by Gasteiger charge is -2.15. The number of aliphatic hydroxyl groups excluding tert-OH is 1. The van der Waals surface area contributed by atoms with Gasteiger partial charge in [0.15, 0.2) is 0 Å². The maximum Gasteiger partial charge on any atom is 0.227 e. The Morgan fingerprint density at radius 2 is 2.06 bits per heavy atom. The van der Waals surface area contributed by atoms with Gasteiger partial charge >= 0.3 is 0 Å². The third kappa shape index (κ3) is 3.30. The summed E-state index contributed by atoms with van der Waals surface area (Å²) in [5.74, 6) is 0.223. The Labute approximate surface area is 102 Å². The summed E-state index contributed by atoms with van der Waals surface area (Å²) in [6.45, 7) is 2.26. The van der Waals surface area contributed by atoms with Gasteiger partial charge in [0.1, 0.15) is 0 Å². The van der Waals surface area contributed by atoms with Crippen LogP contribution >= 0.6 is 0 Å². The van der Waals surface area contributed by atoms with E-state index in [4.69, 9.17) is 0 Å².